The minimum Gasteiger partial charge on any atom is -0.486 e. The third-order valence-corrected chi connectivity index (χ3v) is 6.58. The second-order valence-electron chi connectivity index (χ2n) is 7.78. The summed E-state index contributed by atoms with van der Waals surface area (Å²) in [4.78, 5) is 19.2. The van der Waals surface area contributed by atoms with E-state index in [1.807, 2.05) is 41.6 Å². The van der Waals surface area contributed by atoms with Gasteiger partial charge in [-0.3, -0.25) is 4.79 Å². The highest BCUT2D eigenvalue weighted by molar-refractivity contribution is 7.09. The number of aromatic nitrogens is 1. The van der Waals surface area contributed by atoms with Gasteiger partial charge in [0.25, 0.3) is 0 Å². The average molecular weight is 458 g/mol. The Kier molecular flexibility index (Phi) is 8.76. The number of thiazole rings is 1. The van der Waals surface area contributed by atoms with E-state index in [0.717, 1.165) is 29.3 Å². The van der Waals surface area contributed by atoms with Gasteiger partial charge >= 0.3 is 0 Å². The van der Waals surface area contributed by atoms with Crippen LogP contribution in [0.3, 0.4) is 0 Å². The quantitative estimate of drug-likeness (QED) is 0.707. The van der Waals surface area contributed by atoms with Crippen LogP contribution in [-0.4, -0.2) is 41.0 Å². The van der Waals surface area contributed by atoms with Gasteiger partial charge in [0.05, 0.1) is 12.1 Å². The van der Waals surface area contributed by atoms with Crippen LogP contribution < -0.4 is 10.1 Å². The molecule has 0 spiro atoms. The summed E-state index contributed by atoms with van der Waals surface area (Å²) < 4.78 is 5.78. The lowest BCUT2D eigenvalue weighted by Gasteiger charge is -2.35. The smallest absolute Gasteiger partial charge is 0.228 e. The van der Waals surface area contributed by atoms with Crippen molar-refractivity contribution in [2.75, 3.05) is 7.05 Å². The number of benzene rings is 1. The molecular formula is C21H29Cl2N3O2S. The van der Waals surface area contributed by atoms with Crippen LogP contribution in [-0.2, 0) is 17.8 Å². The minimum atomic E-state index is 0. The van der Waals surface area contributed by atoms with Crippen LogP contribution in [0.5, 0.6) is 5.75 Å². The van der Waals surface area contributed by atoms with Crippen LogP contribution in [0.15, 0.2) is 29.6 Å². The van der Waals surface area contributed by atoms with Crippen molar-refractivity contribution < 1.29 is 9.53 Å². The molecule has 1 N–H and O–H groups in total. The van der Waals surface area contributed by atoms with Crippen LogP contribution in [0, 0.1) is 6.92 Å². The maximum atomic E-state index is 12.7. The topological polar surface area (TPSA) is 54.5 Å². The Morgan fingerprint density at radius 2 is 1.86 bits per heavy atom. The lowest BCUT2D eigenvalue weighted by molar-refractivity contribution is -0.132. The molecule has 0 aliphatic carbocycles. The van der Waals surface area contributed by atoms with Gasteiger partial charge in [-0.2, -0.15) is 0 Å². The fourth-order valence-corrected chi connectivity index (χ4v) is 4.81. The number of hydrogen-bond acceptors (Lipinski definition) is 5. The Morgan fingerprint density at radius 1 is 1.21 bits per heavy atom. The molecule has 1 aromatic heterocycles. The maximum Gasteiger partial charge on any atom is 0.228 e. The summed E-state index contributed by atoms with van der Waals surface area (Å²) in [6.45, 7) is 2.49. The first kappa shape index (κ1) is 23.9. The van der Waals surface area contributed by atoms with Gasteiger partial charge in [0, 0.05) is 30.6 Å². The van der Waals surface area contributed by atoms with E-state index in [0.29, 0.717) is 31.2 Å². The molecule has 0 radical (unpaired) electrons. The van der Waals surface area contributed by atoms with Gasteiger partial charge in [-0.25, -0.2) is 4.98 Å². The van der Waals surface area contributed by atoms with E-state index in [2.05, 4.69) is 17.2 Å². The molecule has 2 aromatic rings. The van der Waals surface area contributed by atoms with Gasteiger partial charge in [-0.1, -0.05) is 17.7 Å². The molecule has 8 heteroatoms. The summed E-state index contributed by atoms with van der Waals surface area (Å²) in [5, 5.41) is 6.52. The van der Waals surface area contributed by atoms with E-state index in [4.69, 9.17) is 4.74 Å². The molecule has 2 unspecified atom stereocenters. The van der Waals surface area contributed by atoms with E-state index in [-0.39, 0.29) is 30.7 Å². The first-order valence-electron chi connectivity index (χ1n) is 9.71. The van der Waals surface area contributed by atoms with Crippen molar-refractivity contribution in [2.24, 2.45) is 0 Å². The summed E-state index contributed by atoms with van der Waals surface area (Å²) in [6, 6.07) is 9.54. The second kappa shape index (κ2) is 10.6. The summed E-state index contributed by atoms with van der Waals surface area (Å²) >= 11 is 1.56. The Hall–Kier alpha value is -1.34. The number of piperidine rings is 1. The summed E-state index contributed by atoms with van der Waals surface area (Å²) in [5.74, 6) is 1.01. The highest BCUT2D eigenvalue weighted by Crippen LogP contribution is 2.29. The van der Waals surface area contributed by atoms with Crippen LogP contribution in [0.2, 0.25) is 0 Å². The lowest BCUT2D eigenvalue weighted by atomic mass is 9.98. The van der Waals surface area contributed by atoms with Crippen LogP contribution in [0.4, 0.5) is 0 Å². The summed E-state index contributed by atoms with van der Waals surface area (Å²) in [6.07, 6.45) is 5.02. The van der Waals surface area contributed by atoms with Gasteiger partial charge < -0.3 is 15.0 Å². The molecule has 0 saturated carbocycles. The Balaban J connectivity index is 0.00000150. The molecule has 29 heavy (non-hydrogen) atoms. The number of ether oxygens (including phenoxy) is 1. The fraction of sp³-hybridized carbons (Fsp3) is 0.524. The number of aryl methyl sites for hydroxylation is 1. The lowest BCUT2D eigenvalue weighted by Crippen LogP contribution is -2.49. The standard InChI is InChI=1S/C21H27N3O2S.2ClH/c1-14-3-7-19(8-4-14)26-12-20-23-17(13-27-20)11-21(25)24(2)18-9-15-5-6-16(10-18)22-15;;/h3-4,7-8,13,15-16,18,22H,5-6,9-12H2,1-2H3;2*1H. The van der Waals surface area contributed by atoms with Crippen LogP contribution >= 0.6 is 36.2 Å². The van der Waals surface area contributed by atoms with E-state index in [9.17, 15) is 4.79 Å². The molecule has 1 aromatic carbocycles. The van der Waals surface area contributed by atoms with E-state index in [1.54, 1.807) is 11.3 Å². The monoisotopic (exact) mass is 457 g/mol. The molecule has 2 fully saturated rings. The molecule has 160 valence electrons. The fourth-order valence-electron chi connectivity index (χ4n) is 4.10. The number of halogens is 2. The summed E-state index contributed by atoms with van der Waals surface area (Å²) in [5.41, 5.74) is 2.06. The molecule has 2 aliphatic heterocycles. The number of amides is 1. The zero-order chi connectivity index (χ0) is 18.8. The number of likely N-dealkylation sites (N-methyl/N-ethyl adjacent to an activating group) is 1. The molecule has 2 aliphatic rings. The second-order valence-corrected chi connectivity index (χ2v) is 8.72. The van der Waals surface area contributed by atoms with Gasteiger partial charge in [-0.05, 0) is 44.7 Å². The number of nitrogens with one attached hydrogen (secondary N) is 1. The first-order chi connectivity index (χ1) is 13.1. The van der Waals surface area contributed by atoms with E-state index >= 15 is 0 Å². The van der Waals surface area contributed by atoms with Gasteiger partial charge in [-0.15, -0.1) is 36.2 Å². The van der Waals surface area contributed by atoms with Crippen molar-refractivity contribution in [1.29, 1.82) is 0 Å². The molecule has 3 heterocycles. The third-order valence-electron chi connectivity index (χ3n) is 5.70. The number of carbonyl (C=O) groups excluding carboxylic acids is 1. The predicted molar refractivity (Wildman–Crippen MR) is 122 cm³/mol. The molecular weight excluding hydrogens is 429 g/mol. The van der Waals surface area contributed by atoms with Crippen molar-refractivity contribution in [2.45, 2.75) is 63.8 Å². The highest BCUT2D eigenvalue weighted by Gasteiger charge is 2.36. The van der Waals surface area contributed by atoms with Crippen molar-refractivity contribution in [1.82, 2.24) is 15.2 Å². The molecule has 2 atom stereocenters. The third kappa shape index (κ3) is 6.07. The molecule has 5 nitrogen and oxygen atoms in total. The number of hydrogen-bond donors (Lipinski definition) is 1. The maximum absolute atomic E-state index is 12.7. The SMILES string of the molecule is Cc1ccc(OCc2nc(CC(=O)N(C)C3CC4CCC(C3)N4)cs2)cc1.Cl.Cl. The van der Waals surface area contributed by atoms with Crippen LogP contribution in [0.25, 0.3) is 0 Å². The largest absolute Gasteiger partial charge is 0.486 e. The van der Waals surface area contributed by atoms with Crippen LogP contribution in [0.1, 0.15) is 41.9 Å². The van der Waals surface area contributed by atoms with E-state index in [1.165, 1.54) is 18.4 Å². The normalized spacial score (nSPS) is 22.3. The number of nitrogens with zero attached hydrogens (tertiary/aromatic N) is 2. The van der Waals surface area contributed by atoms with Crippen molar-refractivity contribution >= 4 is 42.1 Å². The Morgan fingerprint density at radius 3 is 2.52 bits per heavy atom. The highest BCUT2D eigenvalue weighted by atomic mass is 35.5. The number of rotatable bonds is 6. The molecule has 2 saturated heterocycles. The Bertz CT molecular complexity index is 787. The summed E-state index contributed by atoms with van der Waals surface area (Å²) in [7, 11) is 1.95. The zero-order valence-corrected chi connectivity index (χ0v) is 19.2. The number of carbonyl (C=O) groups is 1. The minimum absolute atomic E-state index is 0. The van der Waals surface area contributed by atoms with Gasteiger partial charge in [0.2, 0.25) is 5.91 Å². The first-order valence-corrected chi connectivity index (χ1v) is 10.6. The van der Waals surface area contributed by atoms with E-state index < -0.39 is 0 Å². The molecule has 2 bridgehead atoms. The molecule has 1 amide bonds. The Labute approximate surface area is 189 Å². The number of fused-ring (bicyclic) bond motifs is 2. The van der Waals surface area contributed by atoms with Crippen molar-refractivity contribution in [3.05, 3.63) is 45.9 Å². The average Bonchev–Trinajstić information content (AvgIpc) is 3.26. The van der Waals surface area contributed by atoms with Gasteiger partial charge in [0.15, 0.2) is 0 Å². The zero-order valence-electron chi connectivity index (χ0n) is 16.8. The van der Waals surface area contributed by atoms with Crippen molar-refractivity contribution in [3.63, 3.8) is 0 Å². The van der Waals surface area contributed by atoms with Crippen molar-refractivity contribution in [3.8, 4) is 5.75 Å². The van der Waals surface area contributed by atoms with Gasteiger partial charge in [0.1, 0.15) is 17.4 Å². The predicted octanol–water partition coefficient (Wildman–Crippen LogP) is 4.16. The molecule has 4 rings (SSSR count).